The van der Waals surface area contributed by atoms with Crippen LogP contribution in [0.15, 0.2) is 0 Å². The third-order valence-electron chi connectivity index (χ3n) is 2.79. The lowest BCUT2D eigenvalue weighted by molar-refractivity contribution is -0.0530. The minimum absolute atomic E-state index is 0.109. The lowest BCUT2D eigenvalue weighted by atomic mass is 9.94. The fourth-order valence-corrected chi connectivity index (χ4v) is 1.54. The maximum Gasteiger partial charge on any atom is 0.0663 e. The van der Waals surface area contributed by atoms with Crippen LogP contribution in [0.5, 0.6) is 0 Å². The van der Waals surface area contributed by atoms with Crippen LogP contribution in [-0.4, -0.2) is 43.8 Å². The van der Waals surface area contributed by atoms with Gasteiger partial charge in [-0.2, -0.15) is 0 Å². The maximum absolute atomic E-state index is 5.72. The predicted molar refractivity (Wildman–Crippen MR) is 45.5 cm³/mol. The Morgan fingerprint density at radius 1 is 1.64 bits per heavy atom. The van der Waals surface area contributed by atoms with Crippen LogP contribution in [0.4, 0.5) is 0 Å². The van der Waals surface area contributed by atoms with Crippen molar-refractivity contribution in [2.45, 2.75) is 18.9 Å². The SMILES string of the molecule is CCC1(CN)COCCN1C. The van der Waals surface area contributed by atoms with Gasteiger partial charge in [-0.3, -0.25) is 4.90 Å². The van der Waals surface area contributed by atoms with Gasteiger partial charge in [-0.1, -0.05) is 6.92 Å². The Balaban J connectivity index is 2.61. The minimum atomic E-state index is 0.109. The second-order valence-corrected chi connectivity index (χ2v) is 3.26. The van der Waals surface area contributed by atoms with Crippen molar-refractivity contribution in [2.75, 3.05) is 33.4 Å². The molecule has 0 aliphatic carbocycles. The molecule has 1 unspecified atom stereocenters. The molecule has 1 rings (SSSR count). The van der Waals surface area contributed by atoms with Crippen LogP contribution in [0.25, 0.3) is 0 Å². The minimum Gasteiger partial charge on any atom is -0.378 e. The summed E-state index contributed by atoms with van der Waals surface area (Å²) in [6.45, 7) is 5.50. The van der Waals surface area contributed by atoms with Gasteiger partial charge in [-0.15, -0.1) is 0 Å². The third-order valence-corrected chi connectivity index (χ3v) is 2.79. The Morgan fingerprint density at radius 3 is 2.73 bits per heavy atom. The number of nitrogens with zero attached hydrogens (tertiary/aromatic N) is 1. The number of morpholine rings is 1. The van der Waals surface area contributed by atoms with Gasteiger partial charge >= 0.3 is 0 Å². The molecule has 1 aliphatic rings. The molecule has 11 heavy (non-hydrogen) atoms. The third kappa shape index (κ3) is 1.55. The molecule has 0 saturated carbocycles. The van der Waals surface area contributed by atoms with Crippen LogP contribution < -0.4 is 5.73 Å². The number of hydrogen-bond donors (Lipinski definition) is 1. The molecule has 1 saturated heterocycles. The van der Waals surface area contributed by atoms with Gasteiger partial charge in [0.15, 0.2) is 0 Å². The van der Waals surface area contributed by atoms with Gasteiger partial charge in [-0.25, -0.2) is 0 Å². The summed E-state index contributed by atoms with van der Waals surface area (Å²) in [5, 5.41) is 0. The molecule has 1 heterocycles. The average Bonchev–Trinajstić information content (AvgIpc) is 2.06. The van der Waals surface area contributed by atoms with E-state index < -0.39 is 0 Å². The highest BCUT2D eigenvalue weighted by molar-refractivity contribution is 4.91. The van der Waals surface area contributed by atoms with Gasteiger partial charge < -0.3 is 10.5 Å². The van der Waals surface area contributed by atoms with E-state index in [9.17, 15) is 0 Å². The molecule has 0 aromatic heterocycles. The summed E-state index contributed by atoms with van der Waals surface area (Å²) in [6.07, 6.45) is 1.07. The highest BCUT2D eigenvalue weighted by atomic mass is 16.5. The molecule has 3 heteroatoms. The number of rotatable bonds is 2. The monoisotopic (exact) mass is 158 g/mol. The van der Waals surface area contributed by atoms with Crippen LogP contribution in [0.2, 0.25) is 0 Å². The largest absolute Gasteiger partial charge is 0.378 e. The van der Waals surface area contributed by atoms with Crippen LogP contribution >= 0.6 is 0 Å². The van der Waals surface area contributed by atoms with E-state index in [1.165, 1.54) is 0 Å². The van der Waals surface area contributed by atoms with E-state index in [2.05, 4.69) is 18.9 Å². The van der Waals surface area contributed by atoms with Crippen LogP contribution in [0.1, 0.15) is 13.3 Å². The first-order valence-corrected chi connectivity index (χ1v) is 4.24. The zero-order chi connectivity index (χ0) is 8.32. The van der Waals surface area contributed by atoms with Crippen molar-refractivity contribution >= 4 is 0 Å². The fraction of sp³-hybridized carbons (Fsp3) is 1.00. The Bertz CT molecular complexity index is 123. The van der Waals surface area contributed by atoms with Crippen LogP contribution in [0, 0.1) is 0 Å². The van der Waals surface area contributed by atoms with Crippen molar-refractivity contribution in [3.8, 4) is 0 Å². The van der Waals surface area contributed by atoms with Crippen molar-refractivity contribution in [1.29, 1.82) is 0 Å². The lowest BCUT2D eigenvalue weighted by Crippen LogP contribution is -2.58. The molecule has 3 nitrogen and oxygen atoms in total. The quantitative estimate of drug-likeness (QED) is 0.617. The molecule has 0 amide bonds. The molecular weight excluding hydrogens is 140 g/mol. The smallest absolute Gasteiger partial charge is 0.0663 e. The van der Waals surface area contributed by atoms with Gasteiger partial charge in [-0.05, 0) is 13.5 Å². The first-order chi connectivity index (χ1) is 5.25. The first kappa shape index (κ1) is 8.97. The zero-order valence-electron chi connectivity index (χ0n) is 7.47. The predicted octanol–water partition coefficient (Wildman–Crippen LogP) is 0.0559. The Kier molecular flexibility index (Phi) is 2.87. The van der Waals surface area contributed by atoms with Gasteiger partial charge in [0.1, 0.15) is 0 Å². The average molecular weight is 158 g/mol. The summed E-state index contributed by atoms with van der Waals surface area (Å²) in [6, 6.07) is 0. The molecule has 66 valence electrons. The second kappa shape index (κ2) is 3.52. The summed E-state index contributed by atoms with van der Waals surface area (Å²) in [5.41, 5.74) is 5.83. The molecule has 0 aromatic carbocycles. The van der Waals surface area contributed by atoms with E-state index in [-0.39, 0.29) is 5.54 Å². The molecule has 0 radical (unpaired) electrons. The fourth-order valence-electron chi connectivity index (χ4n) is 1.54. The maximum atomic E-state index is 5.72. The molecule has 1 atom stereocenters. The highest BCUT2D eigenvalue weighted by Gasteiger charge is 2.34. The van der Waals surface area contributed by atoms with Gasteiger partial charge in [0.05, 0.1) is 18.8 Å². The molecular formula is C8H18N2O. The van der Waals surface area contributed by atoms with E-state index in [1.807, 2.05) is 0 Å². The Hall–Kier alpha value is -0.120. The van der Waals surface area contributed by atoms with E-state index in [4.69, 9.17) is 10.5 Å². The lowest BCUT2D eigenvalue weighted by Gasteiger charge is -2.43. The summed E-state index contributed by atoms with van der Waals surface area (Å²) in [7, 11) is 2.12. The van der Waals surface area contributed by atoms with Gasteiger partial charge in [0.2, 0.25) is 0 Å². The Labute approximate surface area is 68.5 Å². The summed E-state index contributed by atoms with van der Waals surface area (Å²) in [4.78, 5) is 2.32. The molecule has 0 bridgehead atoms. The number of nitrogens with two attached hydrogens (primary N) is 1. The van der Waals surface area contributed by atoms with Crippen molar-refractivity contribution in [3.05, 3.63) is 0 Å². The topological polar surface area (TPSA) is 38.5 Å². The van der Waals surface area contributed by atoms with Gasteiger partial charge in [0.25, 0.3) is 0 Å². The van der Waals surface area contributed by atoms with Crippen LogP contribution in [0.3, 0.4) is 0 Å². The molecule has 1 aliphatic heterocycles. The second-order valence-electron chi connectivity index (χ2n) is 3.26. The van der Waals surface area contributed by atoms with E-state index >= 15 is 0 Å². The van der Waals surface area contributed by atoms with Crippen molar-refractivity contribution in [2.24, 2.45) is 5.73 Å². The van der Waals surface area contributed by atoms with Crippen molar-refractivity contribution in [3.63, 3.8) is 0 Å². The zero-order valence-corrected chi connectivity index (χ0v) is 7.47. The van der Waals surface area contributed by atoms with Gasteiger partial charge in [0, 0.05) is 13.1 Å². The first-order valence-electron chi connectivity index (χ1n) is 4.24. The number of likely N-dealkylation sites (N-methyl/N-ethyl adjacent to an activating group) is 1. The Morgan fingerprint density at radius 2 is 2.36 bits per heavy atom. The standard InChI is InChI=1S/C8H18N2O/c1-3-8(6-9)7-11-5-4-10(8)2/h3-7,9H2,1-2H3. The normalized spacial score (nSPS) is 34.1. The van der Waals surface area contributed by atoms with E-state index in [0.717, 1.165) is 26.2 Å². The number of hydrogen-bond acceptors (Lipinski definition) is 3. The van der Waals surface area contributed by atoms with E-state index in [0.29, 0.717) is 6.54 Å². The van der Waals surface area contributed by atoms with Crippen molar-refractivity contribution in [1.82, 2.24) is 4.90 Å². The molecule has 0 aromatic rings. The molecule has 1 fully saturated rings. The molecule has 2 N–H and O–H groups in total. The number of ether oxygens (including phenoxy) is 1. The summed E-state index contributed by atoms with van der Waals surface area (Å²) in [5.74, 6) is 0. The van der Waals surface area contributed by atoms with Crippen molar-refractivity contribution < 1.29 is 4.74 Å². The summed E-state index contributed by atoms with van der Waals surface area (Å²) < 4.78 is 5.42. The van der Waals surface area contributed by atoms with Crippen LogP contribution in [-0.2, 0) is 4.74 Å². The van der Waals surface area contributed by atoms with E-state index in [1.54, 1.807) is 0 Å². The molecule has 0 spiro atoms. The summed E-state index contributed by atoms with van der Waals surface area (Å²) >= 11 is 0. The highest BCUT2D eigenvalue weighted by Crippen LogP contribution is 2.20.